The Morgan fingerprint density at radius 3 is 2.61 bits per heavy atom. The van der Waals surface area contributed by atoms with Crippen LogP contribution in [0.2, 0.25) is 5.02 Å². The summed E-state index contributed by atoms with van der Waals surface area (Å²) in [5.41, 5.74) is 2.74. The van der Waals surface area contributed by atoms with E-state index in [1.165, 1.54) is 11.3 Å². The van der Waals surface area contributed by atoms with E-state index in [2.05, 4.69) is 15.7 Å². The molecular weight excluding hydrogens is 460 g/mol. The maximum absolute atomic E-state index is 12.7. The second-order valence-corrected chi connectivity index (χ2v) is 8.91. The molecule has 2 amide bonds. The molecule has 0 atom stereocenters. The van der Waals surface area contributed by atoms with Crippen LogP contribution in [0, 0.1) is 6.92 Å². The van der Waals surface area contributed by atoms with Crippen LogP contribution in [-0.2, 0) is 17.9 Å². The van der Waals surface area contributed by atoms with Crippen molar-refractivity contribution >= 4 is 45.0 Å². The Kier molecular flexibility index (Phi) is 6.96. The molecule has 33 heavy (non-hydrogen) atoms. The van der Waals surface area contributed by atoms with E-state index in [1.54, 1.807) is 7.11 Å². The third kappa shape index (κ3) is 5.35. The quantitative estimate of drug-likeness (QED) is 0.395. The van der Waals surface area contributed by atoms with Crippen LogP contribution in [0.4, 0.5) is 0 Å². The van der Waals surface area contributed by atoms with E-state index in [1.807, 2.05) is 66.2 Å². The number of fused-ring (bicyclic) bond motifs is 1. The van der Waals surface area contributed by atoms with E-state index < -0.39 is 0 Å². The topological polar surface area (TPSA) is 85.2 Å². The molecule has 2 N–H and O–H groups in total. The van der Waals surface area contributed by atoms with Crippen molar-refractivity contribution in [3.63, 3.8) is 0 Å². The van der Waals surface area contributed by atoms with Crippen molar-refractivity contribution in [2.24, 2.45) is 0 Å². The summed E-state index contributed by atoms with van der Waals surface area (Å²) < 4.78 is 6.98. The molecule has 0 aliphatic rings. The lowest BCUT2D eigenvalue weighted by atomic mass is 10.2. The van der Waals surface area contributed by atoms with Gasteiger partial charge in [-0.15, -0.1) is 11.3 Å². The van der Waals surface area contributed by atoms with Gasteiger partial charge in [-0.3, -0.25) is 14.3 Å². The maximum Gasteiger partial charge on any atom is 0.261 e. The average Bonchev–Trinajstić information content (AvgIpc) is 3.39. The molecule has 4 aromatic rings. The highest BCUT2D eigenvalue weighted by atomic mass is 35.5. The SMILES string of the molecule is COc1ccc(CNC(=O)CNC(=O)c2cc3c(C)nn(Cc4ccccc4Cl)c3s2)cc1. The summed E-state index contributed by atoms with van der Waals surface area (Å²) in [6.07, 6.45) is 0. The van der Waals surface area contributed by atoms with E-state index in [0.717, 1.165) is 32.8 Å². The molecule has 0 saturated heterocycles. The second kappa shape index (κ2) is 10.1. The van der Waals surface area contributed by atoms with Crippen LogP contribution in [0.25, 0.3) is 10.2 Å². The van der Waals surface area contributed by atoms with Crippen LogP contribution in [0.5, 0.6) is 5.75 Å². The van der Waals surface area contributed by atoms with Gasteiger partial charge in [-0.1, -0.05) is 41.9 Å². The van der Waals surface area contributed by atoms with E-state index in [9.17, 15) is 9.59 Å². The second-order valence-electron chi connectivity index (χ2n) is 7.47. The first kappa shape index (κ1) is 22.8. The summed E-state index contributed by atoms with van der Waals surface area (Å²) in [5, 5.41) is 11.7. The standard InChI is InChI=1S/C24H23ClN4O3S/c1-15-19-11-21(33-24(19)29(28-15)14-17-5-3-4-6-20(17)25)23(31)27-13-22(30)26-12-16-7-9-18(32-2)10-8-16/h3-11H,12-14H2,1-2H3,(H,26,30)(H,27,31). The number of rotatable bonds is 8. The summed E-state index contributed by atoms with van der Waals surface area (Å²) in [5.74, 6) is 0.201. The molecule has 9 heteroatoms. The van der Waals surface area contributed by atoms with Gasteiger partial charge in [0.1, 0.15) is 10.6 Å². The van der Waals surface area contributed by atoms with Crippen molar-refractivity contribution in [1.29, 1.82) is 0 Å². The minimum absolute atomic E-state index is 0.103. The number of aromatic nitrogens is 2. The van der Waals surface area contributed by atoms with Gasteiger partial charge >= 0.3 is 0 Å². The Bertz CT molecular complexity index is 1300. The highest BCUT2D eigenvalue weighted by Crippen LogP contribution is 2.29. The first-order valence-corrected chi connectivity index (χ1v) is 11.5. The number of methoxy groups -OCH3 is 1. The zero-order chi connectivity index (χ0) is 23.4. The monoisotopic (exact) mass is 482 g/mol. The number of ether oxygens (including phenoxy) is 1. The van der Waals surface area contributed by atoms with Crippen LogP contribution >= 0.6 is 22.9 Å². The third-order valence-corrected chi connectivity index (χ3v) is 6.68. The molecule has 2 aromatic carbocycles. The number of aryl methyl sites for hydroxylation is 1. The van der Waals surface area contributed by atoms with Gasteiger partial charge in [-0.2, -0.15) is 5.10 Å². The van der Waals surface area contributed by atoms with Gasteiger partial charge in [0.15, 0.2) is 0 Å². The van der Waals surface area contributed by atoms with Gasteiger partial charge in [0.25, 0.3) is 5.91 Å². The van der Waals surface area contributed by atoms with Crippen molar-refractivity contribution in [1.82, 2.24) is 20.4 Å². The molecule has 2 aromatic heterocycles. The predicted molar refractivity (Wildman–Crippen MR) is 130 cm³/mol. The number of amides is 2. The van der Waals surface area contributed by atoms with Gasteiger partial charge in [0.2, 0.25) is 5.91 Å². The molecule has 7 nitrogen and oxygen atoms in total. The molecule has 2 heterocycles. The van der Waals surface area contributed by atoms with Crippen molar-refractivity contribution in [3.05, 3.63) is 81.3 Å². The summed E-state index contributed by atoms with van der Waals surface area (Å²) in [6, 6.07) is 16.9. The molecule has 0 bridgehead atoms. The van der Waals surface area contributed by atoms with Gasteiger partial charge < -0.3 is 15.4 Å². The number of benzene rings is 2. The number of thiophene rings is 1. The molecule has 0 unspecified atom stereocenters. The molecule has 0 saturated carbocycles. The zero-order valence-electron chi connectivity index (χ0n) is 18.2. The average molecular weight is 483 g/mol. The van der Waals surface area contributed by atoms with Crippen molar-refractivity contribution in [2.75, 3.05) is 13.7 Å². The normalized spacial score (nSPS) is 10.9. The number of nitrogens with zero attached hydrogens (tertiary/aromatic N) is 2. The molecule has 0 radical (unpaired) electrons. The van der Waals surface area contributed by atoms with Crippen molar-refractivity contribution < 1.29 is 14.3 Å². The number of hydrogen-bond acceptors (Lipinski definition) is 5. The number of carbonyl (C=O) groups excluding carboxylic acids is 2. The lowest BCUT2D eigenvalue weighted by Crippen LogP contribution is -2.36. The molecule has 170 valence electrons. The number of nitrogens with one attached hydrogen (secondary N) is 2. The molecule has 0 aliphatic carbocycles. The largest absolute Gasteiger partial charge is 0.497 e. The zero-order valence-corrected chi connectivity index (χ0v) is 19.8. The minimum atomic E-state index is -0.292. The highest BCUT2D eigenvalue weighted by molar-refractivity contribution is 7.20. The Morgan fingerprint density at radius 1 is 1.12 bits per heavy atom. The maximum atomic E-state index is 12.7. The van der Waals surface area contributed by atoms with E-state index in [0.29, 0.717) is 23.0 Å². The Balaban J connectivity index is 1.37. The Morgan fingerprint density at radius 2 is 1.88 bits per heavy atom. The molecule has 4 rings (SSSR count). The molecule has 0 aliphatic heterocycles. The lowest BCUT2D eigenvalue weighted by molar-refractivity contribution is -0.120. The minimum Gasteiger partial charge on any atom is -0.497 e. The summed E-state index contributed by atoms with van der Waals surface area (Å²) in [7, 11) is 1.60. The van der Waals surface area contributed by atoms with Gasteiger partial charge in [-0.25, -0.2) is 0 Å². The summed E-state index contributed by atoms with van der Waals surface area (Å²) in [6.45, 7) is 2.69. The first-order valence-electron chi connectivity index (χ1n) is 10.3. The smallest absolute Gasteiger partial charge is 0.261 e. The van der Waals surface area contributed by atoms with E-state index in [4.69, 9.17) is 16.3 Å². The number of halogens is 1. The Hall–Kier alpha value is -3.36. The third-order valence-electron chi connectivity index (χ3n) is 5.17. The van der Waals surface area contributed by atoms with Crippen LogP contribution in [0.15, 0.2) is 54.6 Å². The first-order chi connectivity index (χ1) is 15.9. The molecular formula is C24H23ClN4O3S. The molecule has 0 fully saturated rings. The van der Waals surface area contributed by atoms with Crippen LogP contribution in [-0.4, -0.2) is 35.2 Å². The van der Waals surface area contributed by atoms with Gasteiger partial charge in [-0.05, 0) is 42.3 Å². The highest BCUT2D eigenvalue weighted by Gasteiger charge is 2.17. The Labute approximate surface area is 200 Å². The van der Waals surface area contributed by atoms with Gasteiger partial charge in [0.05, 0.1) is 30.8 Å². The van der Waals surface area contributed by atoms with Gasteiger partial charge in [0, 0.05) is 17.0 Å². The van der Waals surface area contributed by atoms with Crippen molar-refractivity contribution in [2.45, 2.75) is 20.0 Å². The van der Waals surface area contributed by atoms with Crippen molar-refractivity contribution in [3.8, 4) is 5.75 Å². The fraction of sp³-hybridized carbons (Fsp3) is 0.208. The van der Waals surface area contributed by atoms with Crippen LogP contribution in [0.3, 0.4) is 0 Å². The van der Waals surface area contributed by atoms with Crippen LogP contribution < -0.4 is 15.4 Å². The van der Waals surface area contributed by atoms with Crippen LogP contribution in [0.1, 0.15) is 26.5 Å². The summed E-state index contributed by atoms with van der Waals surface area (Å²) >= 11 is 7.64. The molecule has 0 spiro atoms. The lowest BCUT2D eigenvalue weighted by Gasteiger charge is -2.07. The van der Waals surface area contributed by atoms with E-state index in [-0.39, 0.29) is 18.4 Å². The van der Waals surface area contributed by atoms with E-state index >= 15 is 0 Å². The fourth-order valence-electron chi connectivity index (χ4n) is 3.37. The number of carbonyl (C=O) groups is 2. The number of hydrogen-bond donors (Lipinski definition) is 2. The predicted octanol–water partition coefficient (Wildman–Crippen LogP) is 4.16. The fourth-order valence-corrected chi connectivity index (χ4v) is 4.65. The summed E-state index contributed by atoms with van der Waals surface area (Å²) in [4.78, 5) is 26.2.